The summed E-state index contributed by atoms with van der Waals surface area (Å²) in [6.07, 6.45) is 5.29. The minimum atomic E-state index is -1.18. The summed E-state index contributed by atoms with van der Waals surface area (Å²) in [5, 5.41) is 7.85. The number of nitrogens with one attached hydrogen (secondary N) is 1. The Labute approximate surface area is 182 Å². The Hall–Kier alpha value is -2.70. The second-order valence-electron chi connectivity index (χ2n) is 10.0. The summed E-state index contributed by atoms with van der Waals surface area (Å²) in [5.41, 5.74) is 0.327. The fourth-order valence-corrected chi connectivity index (χ4v) is 4.53. The molecule has 2 amide bonds. The van der Waals surface area contributed by atoms with Crippen molar-refractivity contribution >= 4 is 17.5 Å². The lowest BCUT2D eigenvalue weighted by Gasteiger charge is -2.44. The number of halogens is 1. The Morgan fingerprint density at radius 3 is 2.42 bits per heavy atom. The lowest BCUT2D eigenvalue weighted by molar-refractivity contribution is -0.127. The molecular weight excluding hydrogens is 395 g/mol. The Balaban J connectivity index is 1.76. The molecule has 2 aromatic rings. The van der Waals surface area contributed by atoms with E-state index in [1.165, 1.54) is 23.5 Å². The SMILES string of the molecule is CC(C)(C)c1cc2n(n1)CC(C)(C(=O)NC1CCCCC1)N(c1ccc(F)cc1)C2=O. The molecule has 2 aliphatic rings. The summed E-state index contributed by atoms with van der Waals surface area (Å²) in [6.45, 7) is 8.13. The zero-order valence-corrected chi connectivity index (χ0v) is 18.7. The highest BCUT2D eigenvalue weighted by atomic mass is 19.1. The molecule has 7 heteroatoms. The van der Waals surface area contributed by atoms with Gasteiger partial charge in [0.2, 0.25) is 5.91 Å². The van der Waals surface area contributed by atoms with Crippen molar-refractivity contribution in [3.05, 3.63) is 47.5 Å². The van der Waals surface area contributed by atoms with Crippen molar-refractivity contribution in [1.29, 1.82) is 0 Å². The van der Waals surface area contributed by atoms with Gasteiger partial charge in [-0.05, 0) is 50.1 Å². The molecule has 1 atom stereocenters. The molecule has 0 bridgehead atoms. The zero-order chi connectivity index (χ0) is 22.4. The monoisotopic (exact) mass is 426 g/mol. The predicted molar refractivity (Wildman–Crippen MR) is 118 cm³/mol. The van der Waals surface area contributed by atoms with E-state index in [9.17, 15) is 14.0 Å². The van der Waals surface area contributed by atoms with Crippen molar-refractivity contribution in [2.45, 2.75) is 83.3 Å². The van der Waals surface area contributed by atoms with Gasteiger partial charge < -0.3 is 5.32 Å². The lowest BCUT2D eigenvalue weighted by atomic mass is 9.90. The first-order valence-electron chi connectivity index (χ1n) is 11.1. The summed E-state index contributed by atoms with van der Waals surface area (Å²) in [7, 11) is 0. The van der Waals surface area contributed by atoms with Crippen LogP contribution in [0.25, 0.3) is 0 Å². The van der Waals surface area contributed by atoms with Gasteiger partial charge >= 0.3 is 0 Å². The highest BCUT2D eigenvalue weighted by Gasteiger charge is 2.49. The van der Waals surface area contributed by atoms with Crippen LogP contribution in [0.4, 0.5) is 10.1 Å². The van der Waals surface area contributed by atoms with E-state index < -0.39 is 5.54 Å². The number of nitrogens with zero attached hydrogens (tertiary/aromatic N) is 3. The quantitative estimate of drug-likeness (QED) is 0.800. The maximum Gasteiger partial charge on any atom is 0.277 e. The van der Waals surface area contributed by atoms with Gasteiger partial charge in [0.15, 0.2) is 0 Å². The Bertz CT molecular complexity index is 986. The summed E-state index contributed by atoms with van der Waals surface area (Å²) >= 11 is 0. The minimum absolute atomic E-state index is 0.118. The zero-order valence-electron chi connectivity index (χ0n) is 18.7. The van der Waals surface area contributed by atoms with Gasteiger partial charge in [-0.1, -0.05) is 40.0 Å². The summed E-state index contributed by atoms with van der Waals surface area (Å²) in [6, 6.07) is 7.65. The Kier molecular flexibility index (Phi) is 5.40. The van der Waals surface area contributed by atoms with E-state index in [1.54, 1.807) is 29.8 Å². The van der Waals surface area contributed by atoms with Gasteiger partial charge in [-0.2, -0.15) is 5.10 Å². The highest BCUT2D eigenvalue weighted by molar-refractivity contribution is 6.11. The van der Waals surface area contributed by atoms with Crippen molar-refractivity contribution < 1.29 is 14.0 Å². The first-order chi connectivity index (χ1) is 14.6. The van der Waals surface area contributed by atoms with E-state index in [1.807, 2.05) is 20.8 Å². The number of amides is 2. The van der Waals surface area contributed by atoms with Gasteiger partial charge in [0.25, 0.3) is 5.91 Å². The molecular formula is C24H31FN4O2. The van der Waals surface area contributed by atoms with Crippen molar-refractivity contribution in [2.75, 3.05) is 4.90 Å². The van der Waals surface area contributed by atoms with Crippen LogP contribution in [0.2, 0.25) is 0 Å². The molecule has 31 heavy (non-hydrogen) atoms. The second kappa shape index (κ2) is 7.77. The van der Waals surface area contributed by atoms with Crippen LogP contribution in [0.1, 0.15) is 76.0 Å². The normalized spacial score (nSPS) is 22.4. The molecule has 1 aromatic heterocycles. The van der Waals surface area contributed by atoms with E-state index in [4.69, 9.17) is 0 Å². The fourth-order valence-electron chi connectivity index (χ4n) is 4.53. The standard InChI is InChI=1S/C24H31FN4O2/c1-23(2,3)20-14-19-21(30)29(18-12-10-16(25)11-13-18)24(4,15-28(19)27-20)22(31)26-17-8-6-5-7-9-17/h10-14,17H,5-9,15H2,1-4H3,(H,26,31). The number of hydrogen-bond donors (Lipinski definition) is 1. The van der Waals surface area contributed by atoms with Crippen LogP contribution in [-0.2, 0) is 16.8 Å². The highest BCUT2D eigenvalue weighted by Crippen LogP contribution is 2.35. The van der Waals surface area contributed by atoms with Gasteiger partial charge in [0.1, 0.15) is 17.1 Å². The van der Waals surface area contributed by atoms with Crippen molar-refractivity contribution in [1.82, 2.24) is 15.1 Å². The maximum atomic E-state index is 13.6. The van der Waals surface area contributed by atoms with Crippen LogP contribution in [0.3, 0.4) is 0 Å². The fraction of sp³-hybridized carbons (Fsp3) is 0.542. The van der Waals surface area contributed by atoms with Gasteiger partial charge in [-0.3, -0.25) is 19.2 Å². The Morgan fingerprint density at radius 2 is 1.81 bits per heavy atom. The molecule has 0 radical (unpaired) electrons. The second-order valence-corrected chi connectivity index (χ2v) is 10.0. The lowest BCUT2D eigenvalue weighted by Crippen LogP contribution is -2.65. The molecule has 1 N–H and O–H groups in total. The first kappa shape index (κ1) is 21.5. The van der Waals surface area contributed by atoms with E-state index in [0.29, 0.717) is 11.4 Å². The minimum Gasteiger partial charge on any atom is -0.351 e. The van der Waals surface area contributed by atoms with Crippen molar-refractivity contribution in [3.8, 4) is 0 Å². The molecule has 1 fully saturated rings. The average molecular weight is 427 g/mol. The van der Waals surface area contributed by atoms with Crippen molar-refractivity contribution in [2.24, 2.45) is 0 Å². The molecule has 1 saturated carbocycles. The summed E-state index contributed by atoms with van der Waals surface area (Å²) < 4.78 is 15.2. The molecule has 1 aromatic carbocycles. The van der Waals surface area contributed by atoms with Gasteiger partial charge in [-0.25, -0.2) is 4.39 Å². The predicted octanol–water partition coefficient (Wildman–Crippen LogP) is 4.19. The molecule has 0 saturated heterocycles. The molecule has 0 spiro atoms. The number of carbonyl (C=O) groups is 2. The largest absolute Gasteiger partial charge is 0.351 e. The number of benzene rings is 1. The van der Waals surface area contributed by atoms with Crippen LogP contribution in [-0.4, -0.2) is 33.2 Å². The van der Waals surface area contributed by atoms with E-state index in [2.05, 4.69) is 10.4 Å². The van der Waals surface area contributed by atoms with Gasteiger partial charge in [0, 0.05) is 17.1 Å². The van der Waals surface area contributed by atoms with Gasteiger partial charge in [0.05, 0.1) is 12.2 Å². The third-order valence-corrected chi connectivity index (χ3v) is 6.44. The van der Waals surface area contributed by atoms with E-state index in [-0.39, 0.29) is 35.6 Å². The number of aromatic nitrogens is 2. The Morgan fingerprint density at radius 1 is 1.16 bits per heavy atom. The maximum absolute atomic E-state index is 13.6. The number of carbonyl (C=O) groups excluding carboxylic acids is 2. The van der Waals surface area contributed by atoms with E-state index >= 15 is 0 Å². The molecule has 1 aliphatic heterocycles. The third kappa shape index (κ3) is 3.98. The van der Waals surface area contributed by atoms with Gasteiger partial charge in [-0.15, -0.1) is 0 Å². The van der Waals surface area contributed by atoms with E-state index in [0.717, 1.165) is 31.4 Å². The average Bonchev–Trinajstić information content (AvgIpc) is 3.15. The number of anilines is 1. The number of fused-ring (bicyclic) bond motifs is 1. The molecule has 166 valence electrons. The molecule has 2 heterocycles. The van der Waals surface area contributed by atoms with Crippen LogP contribution in [0, 0.1) is 5.82 Å². The third-order valence-electron chi connectivity index (χ3n) is 6.44. The molecule has 1 aliphatic carbocycles. The van der Waals surface area contributed by atoms with Crippen LogP contribution < -0.4 is 10.2 Å². The number of rotatable bonds is 3. The van der Waals surface area contributed by atoms with Crippen molar-refractivity contribution in [3.63, 3.8) is 0 Å². The summed E-state index contributed by atoms with van der Waals surface area (Å²) in [5.74, 6) is -0.890. The van der Waals surface area contributed by atoms with Crippen LogP contribution in [0.5, 0.6) is 0 Å². The first-order valence-corrected chi connectivity index (χ1v) is 11.1. The van der Waals surface area contributed by atoms with Crippen LogP contribution >= 0.6 is 0 Å². The number of hydrogen-bond acceptors (Lipinski definition) is 3. The summed E-state index contributed by atoms with van der Waals surface area (Å²) in [4.78, 5) is 28.7. The topological polar surface area (TPSA) is 67.2 Å². The smallest absolute Gasteiger partial charge is 0.277 e. The molecule has 4 rings (SSSR count). The van der Waals surface area contributed by atoms with Crippen LogP contribution in [0.15, 0.2) is 30.3 Å². The molecule has 6 nitrogen and oxygen atoms in total. The molecule has 1 unspecified atom stereocenters.